The Kier molecular flexibility index (Phi) is 2.30. The topological polar surface area (TPSA) is 29.1 Å². The molecule has 2 atom stereocenters. The van der Waals surface area contributed by atoms with E-state index >= 15 is 0 Å². The Morgan fingerprint density at radius 1 is 1.08 bits per heavy atom. The van der Waals surface area contributed by atoms with Crippen LogP contribution in [-0.4, -0.2) is 12.5 Å². The molecule has 1 aliphatic carbocycles. The van der Waals surface area contributed by atoms with Crippen LogP contribution >= 0.6 is 0 Å². The zero-order valence-corrected chi connectivity index (χ0v) is 7.44. The van der Waals surface area contributed by atoms with Gasteiger partial charge in [0.15, 0.2) is 0 Å². The van der Waals surface area contributed by atoms with E-state index in [0.29, 0.717) is 5.92 Å². The van der Waals surface area contributed by atoms with Crippen molar-refractivity contribution in [2.75, 3.05) is 6.54 Å². The van der Waals surface area contributed by atoms with Gasteiger partial charge in [-0.3, -0.25) is 4.79 Å². The van der Waals surface area contributed by atoms with Gasteiger partial charge >= 0.3 is 0 Å². The van der Waals surface area contributed by atoms with Crippen LogP contribution in [0.1, 0.15) is 6.42 Å². The smallest absolute Gasteiger partial charge is 0.223 e. The Morgan fingerprint density at radius 3 is 1.77 bits per heavy atom. The lowest BCUT2D eigenvalue weighted by Crippen LogP contribution is -2.18. The molecule has 0 aromatic heterocycles. The lowest BCUT2D eigenvalue weighted by Gasteiger charge is -1.89. The van der Waals surface area contributed by atoms with Gasteiger partial charge in [0, 0.05) is 12.5 Å². The summed E-state index contributed by atoms with van der Waals surface area (Å²) in [6, 6.07) is 12.0. The Hall–Kier alpha value is -1.31. The summed E-state index contributed by atoms with van der Waals surface area (Å²) < 4.78 is 0. The first-order valence-corrected chi connectivity index (χ1v) is 4.65. The predicted octanol–water partition coefficient (Wildman–Crippen LogP) is 1.44. The summed E-state index contributed by atoms with van der Waals surface area (Å²) >= 11 is 0. The van der Waals surface area contributed by atoms with Gasteiger partial charge in [-0.2, -0.15) is 0 Å². The first-order chi connectivity index (χ1) is 6.38. The molecule has 1 aromatic rings. The second-order valence-electron chi connectivity index (χ2n) is 3.50. The standard InChI is InChI=1S/C6H6.C5H7NO/c1-2-4-6-5-3-1;7-5-4-1-3(4)2-6-5/h1-6H;3-4H,1-2H2,(H,6,7). The van der Waals surface area contributed by atoms with Gasteiger partial charge in [0.25, 0.3) is 0 Å². The minimum atomic E-state index is 0.282. The Morgan fingerprint density at radius 2 is 1.62 bits per heavy atom. The summed E-state index contributed by atoms with van der Waals surface area (Å²) in [6.07, 6.45) is 1.16. The molecular formula is C11H13NO. The highest BCUT2D eigenvalue weighted by molar-refractivity contribution is 5.84. The number of rotatable bonds is 0. The summed E-state index contributed by atoms with van der Waals surface area (Å²) in [7, 11) is 0. The number of benzene rings is 1. The van der Waals surface area contributed by atoms with Gasteiger partial charge in [0.1, 0.15) is 0 Å². The van der Waals surface area contributed by atoms with E-state index in [1.807, 2.05) is 36.4 Å². The highest BCUT2D eigenvalue weighted by atomic mass is 16.2. The molecule has 2 aliphatic rings. The van der Waals surface area contributed by atoms with Gasteiger partial charge in [0.2, 0.25) is 5.91 Å². The van der Waals surface area contributed by atoms with E-state index in [-0.39, 0.29) is 5.91 Å². The Balaban J connectivity index is 0.000000102. The molecule has 3 rings (SSSR count). The molecule has 1 saturated heterocycles. The molecule has 68 valence electrons. The average Bonchev–Trinajstić information content (AvgIpc) is 2.91. The van der Waals surface area contributed by atoms with Gasteiger partial charge in [-0.1, -0.05) is 36.4 Å². The maximum Gasteiger partial charge on any atom is 0.223 e. The van der Waals surface area contributed by atoms with Gasteiger partial charge in [-0.05, 0) is 12.3 Å². The van der Waals surface area contributed by atoms with E-state index in [4.69, 9.17) is 0 Å². The third-order valence-corrected chi connectivity index (χ3v) is 2.46. The van der Waals surface area contributed by atoms with Crippen molar-refractivity contribution in [2.24, 2.45) is 11.8 Å². The Labute approximate surface area is 78.0 Å². The number of carbonyl (C=O) groups excluding carboxylic acids is 1. The molecule has 1 amide bonds. The first-order valence-electron chi connectivity index (χ1n) is 4.65. The predicted molar refractivity (Wildman–Crippen MR) is 51.0 cm³/mol. The SMILES string of the molecule is O=C1NCC2CC12.c1ccccc1. The fraction of sp³-hybridized carbons (Fsp3) is 0.364. The van der Waals surface area contributed by atoms with Crippen LogP contribution in [0.2, 0.25) is 0 Å². The monoisotopic (exact) mass is 175 g/mol. The van der Waals surface area contributed by atoms with E-state index in [1.54, 1.807) is 0 Å². The minimum Gasteiger partial charge on any atom is -0.356 e. The van der Waals surface area contributed by atoms with Gasteiger partial charge < -0.3 is 5.32 Å². The quantitative estimate of drug-likeness (QED) is 0.635. The molecule has 1 aromatic carbocycles. The van der Waals surface area contributed by atoms with Gasteiger partial charge in [-0.25, -0.2) is 0 Å². The number of carbonyl (C=O) groups is 1. The zero-order valence-electron chi connectivity index (χ0n) is 7.44. The van der Waals surface area contributed by atoms with E-state index in [0.717, 1.165) is 18.9 Å². The van der Waals surface area contributed by atoms with Crippen molar-refractivity contribution in [3.63, 3.8) is 0 Å². The number of hydrogen-bond donors (Lipinski definition) is 1. The van der Waals surface area contributed by atoms with Crippen molar-refractivity contribution in [1.82, 2.24) is 5.32 Å². The molecule has 2 heteroatoms. The summed E-state index contributed by atoms with van der Waals surface area (Å²) in [5, 5.41) is 2.78. The van der Waals surface area contributed by atoms with Crippen LogP contribution in [0.25, 0.3) is 0 Å². The first kappa shape index (κ1) is 8.30. The summed E-state index contributed by atoms with van der Waals surface area (Å²) in [6.45, 7) is 0.948. The molecule has 1 N–H and O–H groups in total. The maximum absolute atomic E-state index is 10.5. The van der Waals surface area contributed by atoms with Crippen LogP contribution in [0.5, 0.6) is 0 Å². The Bertz CT molecular complexity index is 257. The molecule has 2 nitrogen and oxygen atoms in total. The average molecular weight is 175 g/mol. The van der Waals surface area contributed by atoms with Crippen molar-refractivity contribution >= 4 is 5.91 Å². The van der Waals surface area contributed by atoms with Crippen LogP contribution in [-0.2, 0) is 4.79 Å². The summed E-state index contributed by atoms with van der Waals surface area (Å²) in [4.78, 5) is 10.5. The highest BCUT2D eigenvalue weighted by Gasteiger charge is 2.47. The van der Waals surface area contributed by atoms with Crippen molar-refractivity contribution in [3.05, 3.63) is 36.4 Å². The number of hydrogen-bond acceptors (Lipinski definition) is 1. The minimum absolute atomic E-state index is 0.282. The van der Waals surface area contributed by atoms with Crippen LogP contribution in [0.15, 0.2) is 36.4 Å². The van der Waals surface area contributed by atoms with Gasteiger partial charge in [0.05, 0.1) is 0 Å². The number of amides is 1. The van der Waals surface area contributed by atoms with Crippen LogP contribution in [0.4, 0.5) is 0 Å². The molecule has 1 heterocycles. The van der Waals surface area contributed by atoms with E-state index in [2.05, 4.69) is 5.32 Å². The molecular weight excluding hydrogens is 162 g/mol. The van der Waals surface area contributed by atoms with Gasteiger partial charge in [-0.15, -0.1) is 0 Å². The molecule has 2 fully saturated rings. The second-order valence-corrected chi connectivity index (χ2v) is 3.50. The molecule has 1 saturated carbocycles. The third kappa shape index (κ3) is 2.08. The number of nitrogens with one attached hydrogen (secondary N) is 1. The largest absolute Gasteiger partial charge is 0.356 e. The molecule has 13 heavy (non-hydrogen) atoms. The number of fused-ring (bicyclic) bond motifs is 1. The maximum atomic E-state index is 10.5. The molecule has 1 aliphatic heterocycles. The molecule has 0 spiro atoms. The summed E-state index contributed by atoms with van der Waals surface area (Å²) in [5.74, 6) is 1.44. The van der Waals surface area contributed by atoms with Crippen molar-refractivity contribution in [1.29, 1.82) is 0 Å². The van der Waals surface area contributed by atoms with Crippen LogP contribution in [0, 0.1) is 11.8 Å². The van der Waals surface area contributed by atoms with Crippen molar-refractivity contribution < 1.29 is 4.79 Å². The van der Waals surface area contributed by atoms with Crippen molar-refractivity contribution in [2.45, 2.75) is 6.42 Å². The molecule has 0 bridgehead atoms. The zero-order chi connectivity index (χ0) is 9.10. The highest BCUT2D eigenvalue weighted by Crippen LogP contribution is 2.41. The van der Waals surface area contributed by atoms with E-state index in [1.165, 1.54) is 0 Å². The lowest BCUT2D eigenvalue weighted by molar-refractivity contribution is -0.120. The second kappa shape index (κ2) is 3.60. The molecule has 2 unspecified atom stereocenters. The normalized spacial score (nSPS) is 28.2. The fourth-order valence-electron chi connectivity index (χ4n) is 1.54. The van der Waals surface area contributed by atoms with Crippen LogP contribution in [0.3, 0.4) is 0 Å². The number of piperidine rings is 1. The molecule has 0 radical (unpaired) electrons. The van der Waals surface area contributed by atoms with Crippen molar-refractivity contribution in [3.8, 4) is 0 Å². The fourth-order valence-corrected chi connectivity index (χ4v) is 1.54. The lowest BCUT2D eigenvalue weighted by atomic mass is 10.4. The third-order valence-electron chi connectivity index (χ3n) is 2.46. The van der Waals surface area contributed by atoms with E-state index in [9.17, 15) is 4.79 Å². The van der Waals surface area contributed by atoms with Crippen LogP contribution < -0.4 is 5.32 Å². The summed E-state index contributed by atoms with van der Waals surface area (Å²) in [5.41, 5.74) is 0. The van der Waals surface area contributed by atoms with E-state index < -0.39 is 0 Å².